The molecule has 1 heterocycles. The van der Waals surface area contributed by atoms with E-state index in [1.807, 2.05) is 45.0 Å². The zero-order valence-electron chi connectivity index (χ0n) is 17.1. The van der Waals surface area contributed by atoms with E-state index in [0.29, 0.717) is 30.8 Å². The van der Waals surface area contributed by atoms with Crippen LogP contribution in [-0.2, 0) is 10.0 Å². The Bertz CT molecular complexity index is 971. The summed E-state index contributed by atoms with van der Waals surface area (Å²) < 4.78 is 32.0. The van der Waals surface area contributed by atoms with Crippen LogP contribution in [0.1, 0.15) is 41.3 Å². The molecule has 1 atom stereocenters. The predicted octanol–water partition coefficient (Wildman–Crippen LogP) is 3.43. The van der Waals surface area contributed by atoms with Crippen LogP contribution >= 0.6 is 0 Å². The highest BCUT2D eigenvalue weighted by Crippen LogP contribution is 2.28. The summed E-state index contributed by atoms with van der Waals surface area (Å²) in [7, 11) is -3.33. The number of carbonyl (C=O) groups is 1. The molecule has 0 spiro atoms. The summed E-state index contributed by atoms with van der Waals surface area (Å²) >= 11 is 0. The maximum absolute atomic E-state index is 12.7. The van der Waals surface area contributed by atoms with Gasteiger partial charge >= 0.3 is 0 Å². The summed E-state index contributed by atoms with van der Waals surface area (Å²) in [5.74, 6) is 0.654. The molecular weight excluding hydrogens is 388 g/mol. The maximum atomic E-state index is 12.7. The van der Waals surface area contributed by atoms with Gasteiger partial charge in [0.05, 0.1) is 17.5 Å². The molecule has 7 heteroatoms. The Morgan fingerprint density at radius 3 is 2.55 bits per heavy atom. The fourth-order valence-electron chi connectivity index (χ4n) is 3.28. The number of carbonyl (C=O) groups excluding carboxylic acids is 1. The lowest BCUT2D eigenvalue weighted by atomic mass is 10.1. The molecule has 29 heavy (non-hydrogen) atoms. The summed E-state index contributed by atoms with van der Waals surface area (Å²) in [6, 6.07) is 12.7. The van der Waals surface area contributed by atoms with Crippen molar-refractivity contribution in [2.75, 3.05) is 23.2 Å². The zero-order chi connectivity index (χ0) is 21.0. The minimum Gasteiger partial charge on any atom is -0.491 e. The van der Waals surface area contributed by atoms with Crippen LogP contribution < -0.4 is 14.4 Å². The molecule has 1 aliphatic heterocycles. The Morgan fingerprint density at radius 1 is 1.14 bits per heavy atom. The summed E-state index contributed by atoms with van der Waals surface area (Å²) in [4.78, 5) is 12.7. The van der Waals surface area contributed by atoms with Gasteiger partial charge in [-0.25, -0.2) is 8.42 Å². The smallest absolute Gasteiger partial charge is 0.251 e. The van der Waals surface area contributed by atoms with Gasteiger partial charge in [-0.1, -0.05) is 23.8 Å². The molecule has 2 aromatic carbocycles. The van der Waals surface area contributed by atoms with E-state index in [-0.39, 0.29) is 17.7 Å². The first-order valence-electron chi connectivity index (χ1n) is 9.88. The second-order valence-corrected chi connectivity index (χ2v) is 9.61. The molecule has 6 nitrogen and oxygen atoms in total. The summed E-state index contributed by atoms with van der Waals surface area (Å²) in [6.07, 6.45) is 1.50. The van der Waals surface area contributed by atoms with Gasteiger partial charge in [0.2, 0.25) is 10.0 Å². The minimum absolute atomic E-state index is 0.149. The van der Waals surface area contributed by atoms with Gasteiger partial charge in [-0.3, -0.25) is 9.10 Å². The fraction of sp³-hybridized carbons (Fsp3) is 0.409. The fourth-order valence-corrected chi connectivity index (χ4v) is 4.98. The van der Waals surface area contributed by atoms with Crippen molar-refractivity contribution in [3.05, 3.63) is 59.2 Å². The van der Waals surface area contributed by atoms with Crippen LogP contribution in [0.3, 0.4) is 0 Å². The lowest BCUT2D eigenvalue weighted by Crippen LogP contribution is -2.39. The lowest BCUT2D eigenvalue weighted by molar-refractivity contribution is 0.0926. The van der Waals surface area contributed by atoms with Gasteiger partial charge in [0.25, 0.3) is 5.91 Å². The number of sulfonamides is 1. The SMILES string of the molecule is Cc1ccc(OC[C@@H](C)NC(=O)c2ccc(C)c(N3CCCCS3(=O)=O)c2)cc1. The number of amides is 1. The summed E-state index contributed by atoms with van der Waals surface area (Å²) in [6.45, 7) is 6.54. The highest BCUT2D eigenvalue weighted by atomic mass is 32.2. The van der Waals surface area contributed by atoms with Gasteiger partial charge in [0.15, 0.2) is 0 Å². The molecule has 1 aliphatic rings. The van der Waals surface area contributed by atoms with E-state index in [1.54, 1.807) is 18.2 Å². The number of hydrogen-bond acceptors (Lipinski definition) is 4. The molecule has 0 aromatic heterocycles. The number of aryl methyl sites for hydroxylation is 2. The Labute approximate surface area is 172 Å². The van der Waals surface area contributed by atoms with Crippen molar-refractivity contribution in [2.24, 2.45) is 0 Å². The third-order valence-corrected chi connectivity index (χ3v) is 6.84. The molecule has 156 valence electrons. The van der Waals surface area contributed by atoms with Gasteiger partial charge in [0.1, 0.15) is 12.4 Å². The third-order valence-electron chi connectivity index (χ3n) is 4.99. The van der Waals surface area contributed by atoms with Crippen molar-refractivity contribution in [3.8, 4) is 5.75 Å². The number of ether oxygens (including phenoxy) is 1. The van der Waals surface area contributed by atoms with Crippen LogP contribution in [0.4, 0.5) is 5.69 Å². The first-order valence-corrected chi connectivity index (χ1v) is 11.5. The number of nitrogens with zero attached hydrogens (tertiary/aromatic N) is 1. The van der Waals surface area contributed by atoms with E-state index in [0.717, 1.165) is 23.3 Å². The summed E-state index contributed by atoms with van der Waals surface area (Å²) in [5.41, 5.74) is 3.02. The minimum atomic E-state index is -3.33. The number of nitrogens with one attached hydrogen (secondary N) is 1. The van der Waals surface area contributed by atoms with E-state index in [9.17, 15) is 13.2 Å². The first kappa shape index (κ1) is 21.2. The quantitative estimate of drug-likeness (QED) is 0.783. The van der Waals surface area contributed by atoms with Gasteiger partial charge in [-0.05, 0) is 63.4 Å². The van der Waals surface area contributed by atoms with Crippen LogP contribution in [0.2, 0.25) is 0 Å². The highest BCUT2D eigenvalue weighted by Gasteiger charge is 2.27. The van der Waals surface area contributed by atoms with Crippen LogP contribution in [0.5, 0.6) is 5.75 Å². The average Bonchev–Trinajstić information content (AvgIpc) is 2.68. The molecule has 0 radical (unpaired) electrons. The van der Waals surface area contributed by atoms with Gasteiger partial charge in [-0.2, -0.15) is 0 Å². The summed E-state index contributed by atoms with van der Waals surface area (Å²) in [5, 5.41) is 2.92. The normalized spacial score (nSPS) is 16.9. The van der Waals surface area contributed by atoms with Crippen LogP contribution in [0, 0.1) is 13.8 Å². The molecule has 0 bridgehead atoms. The van der Waals surface area contributed by atoms with E-state index < -0.39 is 10.0 Å². The van der Waals surface area contributed by atoms with Gasteiger partial charge in [-0.15, -0.1) is 0 Å². The molecule has 0 unspecified atom stereocenters. The zero-order valence-corrected chi connectivity index (χ0v) is 18.0. The van der Waals surface area contributed by atoms with Crippen LogP contribution in [0.15, 0.2) is 42.5 Å². The largest absolute Gasteiger partial charge is 0.491 e. The molecule has 0 saturated carbocycles. The van der Waals surface area contributed by atoms with E-state index in [4.69, 9.17) is 4.74 Å². The molecule has 2 aromatic rings. The average molecular weight is 417 g/mol. The molecule has 1 N–H and O–H groups in total. The lowest BCUT2D eigenvalue weighted by Gasteiger charge is -2.29. The van der Waals surface area contributed by atoms with Crippen LogP contribution in [-0.4, -0.2) is 39.3 Å². The Balaban J connectivity index is 1.66. The molecule has 3 rings (SSSR count). The van der Waals surface area contributed by atoms with Gasteiger partial charge < -0.3 is 10.1 Å². The van der Waals surface area contributed by atoms with Crippen molar-refractivity contribution in [3.63, 3.8) is 0 Å². The number of benzene rings is 2. The Hall–Kier alpha value is -2.54. The molecule has 0 aliphatic carbocycles. The van der Waals surface area contributed by atoms with E-state index in [2.05, 4.69) is 5.32 Å². The van der Waals surface area contributed by atoms with Crippen molar-refractivity contribution in [1.29, 1.82) is 0 Å². The van der Waals surface area contributed by atoms with E-state index >= 15 is 0 Å². The van der Waals surface area contributed by atoms with Crippen molar-refractivity contribution in [2.45, 2.75) is 39.7 Å². The van der Waals surface area contributed by atoms with Crippen LogP contribution in [0.25, 0.3) is 0 Å². The third kappa shape index (κ3) is 5.29. The predicted molar refractivity (Wildman–Crippen MR) is 115 cm³/mol. The number of anilines is 1. The highest BCUT2D eigenvalue weighted by molar-refractivity contribution is 7.92. The Morgan fingerprint density at radius 2 is 1.86 bits per heavy atom. The van der Waals surface area contributed by atoms with Gasteiger partial charge in [0, 0.05) is 12.1 Å². The monoisotopic (exact) mass is 416 g/mol. The van der Waals surface area contributed by atoms with E-state index in [1.165, 1.54) is 4.31 Å². The van der Waals surface area contributed by atoms with Crippen molar-refractivity contribution in [1.82, 2.24) is 5.32 Å². The van der Waals surface area contributed by atoms with Crippen molar-refractivity contribution < 1.29 is 17.9 Å². The second-order valence-electron chi connectivity index (χ2n) is 7.60. The molecule has 1 saturated heterocycles. The first-order chi connectivity index (χ1) is 13.8. The Kier molecular flexibility index (Phi) is 6.47. The maximum Gasteiger partial charge on any atom is 0.251 e. The topological polar surface area (TPSA) is 75.7 Å². The number of rotatable bonds is 6. The number of hydrogen-bond donors (Lipinski definition) is 1. The molecule has 1 amide bonds. The second kappa shape index (κ2) is 8.86. The standard InChI is InChI=1S/C22H28N2O4S/c1-16-6-10-20(11-7-16)28-15-18(3)23-22(25)19-9-8-17(2)21(14-19)24-12-4-5-13-29(24,26)27/h6-11,14,18H,4-5,12-13,15H2,1-3H3,(H,23,25)/t18-/m1/s1. The molecule has 1 fully saturated rings. The molecular formula is C22H28N2O4S. The van der Waals surface area contributed by atoms with Crippen molar-refractivity contribution >= 4 is 21.6 Å².